The summed E-state index contributed by atoms with van der Waals surface area (Å²) in [5.41, 5.74) is -0.522. The van der Waals surface area contributed by atoms with Gasteiger partial charge in [0.2, 0.25) is 0 Å². The molecule has 0 aliphatic carbocycles. The predicted molar refractivity (Wildman–Crippen MR) is 61.4 cm³/mol. The summed E-state index contributed by atoms with van der Waals surface area (Å²) in [6, 6.07) is 4.93. The van der Waals surface area contributed by atoms with E-state index in [1.807, 2.05) is 0 Å². The van der Waals surface area contributed by atoms with Crippen LogP contribution in [0.15, 0.2) is 42.9 Å². The van der Waals surface area contributed by atoms with Crippen LogP contribution in [-0.4, -0.2) is 15.9 Å². The highest BCUT2D eigenvalue weighted by Gasteiger charge is 2.30. The molecule has 98 valence electrons. The van der Waals surface area contributed by atoms with Crippen molar-refractivity contribution in [3.63, 3.8) is 0 Å². The number of alkyl halides is 3. The number of nitrogens with one attached hydrogen (secondary N) is 1. The molecule has 4 nitrogen and oxygen atoms in total. The fourth-order valence-electron chi connectivity index (χ4n) is 1.33. The number of carbonyl (C=O) groups is 1. The van der Waals surface area contributed by atoms with E-state index >= 15 is 0 Å². The third-order valence-electron chi connectivity index (χ3n) is 2.27. The summed E-state index contributed by atoms with van der Waals surface area (Å²) in [6.07, 6.45) is -0.896. The van der Waals surface area contributed by atoms with Crippen LogP contribution in [0, 0.1) is 0 Å². The number of nitrogens with zero attached hydrogens (tertiary/aromatic N) is 2. The summed E-state index contributed by atoms with van der Waals surface area (Å²) in [5.74, 6) is -0.413. The lowest BCUT2D eigenvalue weighted by Gasteiger charge is -2.07. The predicted octanol–water partition coefficient (Wildman–Crippen LogP) is 2.75. The smallest absolute Gasteiger partial charge is 0.307 e. The minimum Gasteiger partial charge on any atom is -0.307 e. The van der Waals surface area contributed by atoms with Crippen molar-refractivity contribution < 1.29 is 18.0 Å². The van der Waals surface area contributed by atoms with E-state index in [2.05, 4.69) is 15.3 Å². The molecule has 0 bridgehead atoms. The van der Waals surface area contributed by atoms with Crippen LogP contribution in [0.2, 0.25) is 0 Å². The maximum absolute atomic E-state index is 12.3. The van der Waals surface area contributed by atoms with Crippen molar-refractivity contribution in [1.29, 1.82) is 0 Å². The van der Waals surface area contributed by atoms with E-state index in [0.29, 0.717) is 11.8 Å². The molecule has 1 N–H and O–H groups in total. The van der Waals surface area contributed by atoms with Gasteiger partial charge in [-0.3, -0.25) is 9.78 Å². The molecule has 0 radical (unpaired) electrons. The Hall–Kier alpha value is -2.44. The lowest BCUT2D eigenvalue weighted by atomic mass is 10.2. The van der Waals surface area contributed by atoms with Crippen molar-refractivity contribution in [2.24, 2.45) is 0 Å². The molecule has 0 unspecified atom stereocenters. The highest BCUT2D eigenvalue weighted by molar-refractivity contribution is 6.03. The van der Waals surface area contributed by atoms with Gasteiger partial charge in [-0.1, -0.05) is 0 Å². The van der Waals surface area contributed by atoms with Crippen molar-refractivity contribution in [1.82, 2.24) is 9.97 Å². The van der Waals surface area contributed by atoms with Crippen LogP contribution in [-0.2, 0) is 6.18 Å². The van der Waals surface area contributed by atoms with Crippen molar-refractivity contribution >= 4 is 11.7 Å². The molecule has 0 aliphatic rings. The molecule has 0 aliphatic heterocycles. The van der Waals surface area contributed by atoms with Crippen molar-refractivity contribution in [3.05, 3.63) is 54.0 Å². The first-order chi connectivity index (χ1) is 8.97. The molecule has 2 aromatic heterocycles. The molecule has 0 fully saturated rings. The number of rotatable bonds is 2. The van der Waals surface area contributed by atoms with Gasteiger partial charge in [0.05, 0.1) is 5.56 Å². The number of pyridine rings is 2. The molecule has 0 spiro atoms. The summed E-state index contributed by atoms with van der Waals surface area (Å²) in [6.45, 7) is 0. The summed E-state index contributed by atoms with van der Waals surface area (Å²) in [7, 11) is 0. The number of amides is 1. The van der Waals surface area contributed by atoms with E-state index in [9.17, 15) is 18.0 Å². The van der Waals surface area contributed by atoms with E-state index in [1.165, 1.54) is 24.5 Å². The molecule has 2 rings (SSSR count). The van der Waals surface area contributed by atoms with Crippen molar-refractivity contribution in [2.45, 2.75) is 6.18 Å². The molecular formula is C12H8F3N3O. The van der Waals surface area contributed by atoms with Gasteiger partial charge in [-0.25, -0.2) is 4.98 Å². The van der Waals surface area contributed by atoms with E-state index < -0.39 is 17.6 Å². The Bertz CT molecular complexity index is 567. The average molecular weight is 267 g/mol. The first-order valence-electron chi connectivity index (χ1n) is 5.21. The molecule has 0 aromatic carbocycles. The first kappa shape index (κ1) is 13.0. The van der Waals surface area contributed by atoms with E-state index in [4.69, 9.17) is 0 Å². The zero-order valence-corrected chi connectivity index (χ0v) is 9.48. The molecule has 0 saturated carbocycles. The van der Waals surface area contributed by atoms with E-state index in [1.54, 1.807) is 0 Å². The Balaban J connectivity index is 2.10. The quantitative estimate of drug-likeness (QED) is 0.910. The molecule has 2 aromatic rings. The highest BCUT2D eigenvalue weighted by Crippen LogP contribution is 2.28. The Morgan fingerprint density at radius 2 is 1.79 bits per heavy atom. The fourth-order valence-corrected chi connectivity index (χ4v) is 1.33. The number of aromatic nitrogens is 2. The summed E-state index contributed by atoms with van der Waals surface area (Å²) >= 11 is 0. The van der Waals surface area contributed by atoms with Crippen LogP contribution in [0.25, 0.3) is 0 Å². The van der Waals surface area contributed by atoms with Gasteiger partial charge in [0.25, 0.3) is 5.91 Å². The normalized spacial score (nSPS) is 11.1. The van der Waals surface area contributed by atoms with Gasteiger partial charge in [-0.15, -0.1) is 0 Å². The van der Waals surface area contributed by atoms with E-state index in [-0.39, 0.29) is 5.82 Å². The SMILES string of the molecule is O=C(Nc1ccc(C(F)(F)F)cn1)c1ccncc1. The minimum atomic E-state index is -4.44. The summed E-state index contributed by atoms with van der Waals surface area (Å²) < 4.78 is 36.9. The maximum Gasteiger partial charge on any atom is 0.417 e. The van der Waals surface area contributed by atoms with Crippen LogP contribution < -0.4 is 5.32 Å². The van der Waals surface area contributed by atoms with Gasteiger partial charge in [-0.2, -0.15) is 13.2 Å². The number of carbonyl (C=O) groups excluding carboxylic acids is 1. The van der Waals surface area contributed by atoms with Crippen molar-refractivity contribution in [3.8, 4) is 0 Å². The first-order valence-corrected chi connectivity index (χ1v) is 5.21. The molecule has 1 amide bonds. The molecule has 0 atom stereocenters. The van der Waals surface area contributed by atoms with Gasteiger partial charge < -0.3 is 5.32 Å². The molecular weight excluding hydrogens is 259 g/mol. The van der Waals surface area contributed by atoms with Gasteiger partial charge in [-0.05, 0) is 24.3 Å². The van der Waals surface area contributed by atoms with Crippen LogP contribution in [0.4, 0.5) is 19.0 Å². The minimum absolute atomic E-state index is 0.0508. The monoisotopic (exact) mass is 267 g/mol. The van der Waals surface area contributed by atoms with E-state index in [0.717, 1.165) is 12.1 Å². The zero-order chi connectivity index (χ0) is 13.9. The van der Waals surface area contributed by atoms with Crippen LogP contribution in [0.1, 0.15) is 15.9 Å². The lowest BCUT2D eigenvalue weighted by molar-refractivity contribution is -0.137. The Morgan fingerprint density at radius 1 is 1.11 bits per heavy atom. The highest BCUT2D eigenvalue weighted by atomic mass is 19.4. The van der Waals surface area contributed by atoms with Gasteiger partial charge in [0, 0.05) is 24.2 Å². The Labute approximate surface area is 106 Å². The summed E-state index contributed by atoms with van der Waals surface area (Å²) in [4.78, 5) is 19.0. The second-order valence-electron chi connectivity index (χ2n) is 3.62. The van der Waals surface area contributed by atoms with Gasteiger partial charge in [0.15, 0.2) is 0 Å². The fraction of sp³-hybridized carbons (Fsp3) is 0.0833. The second kappa shape index (κ2) is 5.05. The Kier molecular flexibility index (Phi) is 3.46. The average Bonchev–Trinajstić information content (AvgIpc) is 2.39. The van der Waals surface area contributed by atoms with Gasteiger partial charge >= 0.3 is 6.18 Å². The van der Waals surface area contributed by atoms with Crippen LogP contribution in [0.3, 0.4) is 0 Å². The molecule has 2 heterocycles. The largest absolute Gasteiger partial charge is 0.417 e. The van der Waals surface area contributed by atoms with Crippen LogP contribution >= 0.6 is 0 Å². The number of hydrogen-bond acceptors (Lipinski definition) is 3. The Morgan fingerprint density at radius 3 is 2.32 bits per heavy atom. The molecule has 19 heavy (non-hydrogen) atoms. The zero-order valence-electron chi connectivity index (χ0n) is 9.48. The molecule has 7 heteroatoms. The maximum atomic E-state index is 12.3. The lowest BCUT2D eigenvalue weighted by Crippen LogP contribution is -2.13. The van der Waals surface area contributed by atoms with Crippen molar-refractivity contribution in [2.75, 3.05) is 5.32 Å². The second-order valence-corrected chi connectivity index (χ2v) is 3.62. The standard InChI is InChI=1S/C12H8F3N3O/c13-12(14,15)9-1-2-10(17-7-9)18-11(19)8-3-5-16-6-4-8/h1-7H,(H,17,18,19). The number of hydrogen-bond donors (Lipinski definition) is 1. The van der Waals surface area contributed by atoms with Gasteiger partial charge in [0.1, 0.15) is 5.82 Å². The summed E-state index contributed by atoms with van der Waals surface area (Å²) in [5, 5.41) is 2.39. The molecule has 0 saturated heterocycles. The number of halogens is 3. The third-order valence-corrected chi connectivity index (χ3v) is 2.27. The third kappa shape index (κ3) is 3.27. The topological polar surface area (TPSA) is 54.9 Å². The number of anilines is 1. The van der Waals surface area contributed by atoms with Crippen LogP contribution in [0.5, 0.6) is 0 Å².